The van der Waals surface area contributed by atoms with Crippen LogP contribution in [0.25, 0.3) is 0 Å². The number of aryl methyl sites for hydroxylation is 1. The molecular formula is C23H30N4O2S. The van der Waals surface area contributed by atoms with E-state index in [0.29, 0.717) is 5.91 Å². The summed E-state index contributed by atoms with van der Waals surface area (Å²) in [5.41, 5.74) is 3.01. The average molecular weight is 427 g/mol. The van der Waals surface area contributed by atoms with Gasteiger partial charge in [-0.1, -0.05) is 0 Å². The molecule has 0 bridgehead atoms. The lowest BCUT2D eigenvalue weighted by atomic mass is 9.95. The normalized spacial score (nSPS) is 18.6. The van der Waals surface area contributed by atoms with Crippen molar-refractivity contribution in [2.45, 2.75) is 33.2 Å². The fraction of sp³-hybridized carbons (Fsp3) is 0.522. The summed E-state index contributed by atoms with van der Waals surface area (Å²) in [7, 11) is 0. The van der Waals surface area contributed by atoms with Crippen LogP contribution in [0.15, 0.2) is 29.6 Å². The van der Waals surface area contributed by atoms with Crippen molar-refractivity contribution >= 4 is 28.7 Å². The van der Waals surface area contributed by atoms with Gasteiger partial charge in [-0.05, 0) is 64.0 Å². The van der Waals surface area contributed by atoms with E-state index in [1.807, 2.05) is 36.1 Å². The van der Waals surface area contributed by atoms with Crippen molar-refractivity contribution in [3.63, 3.8) is 0 Å². The average Bonchev–Trinajstić information content (AvgIpc) is 3.18. The van der Waals surface area contributed by atoms with E-state index in [2.05, 4.69) is 20.2 Å². The number of likely N-dealkylation sites (tertiary alicyclic amines) is 1. The number of rotatable bonds is 5. The zero-order valence-electron chi connectivity index (χ0n) is 17.8. The second kappa shape index (κ2) is 9.27. The molecule has 0 radical (unpaired) electrons. The number of Topliss-reactive ketones (excluding diaryl/α,β-unsaturated/α-hetero) is 1. The smallest absolute Gasteiger partial charge is 0.225 e. The maximum absolute atomic E-state index is 13.0. The van der Waals surface area contributed by atoms with Crippen LogP contribution in [0.4, 0.5) is 5.69 Å². The predicted octanol–water partition coefficient (Wildman–Crippen LogP) is 3.21. The van der Waals surface area contributed by atoms with Gasteiger partial charge in [-0.25, -0.2) is 4.98 Å². The van der Waals surface area contributed by atoms with Gasteiger partial charge in [0.1, 0.15) is 0 Å². The number of aromatic nitrogens is 1. The van der Waals surface area contributed by atoms with Crippen molar-refractivity contribution in [3.8, 4) is 0 Å². The summed E-state index contributed by atoms with van der Waals surface area (Å²) < 4.78 is 0. The molecule has 4 rings (SSSR count). The summed E-state index contributed by atoms with van der Waals surface area (Å²) in [5.74, 6) is 0.565. The molecule has 30 heavy (non-hydrogen) atoms. The largest absolute Gasteiger partial charge is 0.368 e. The van der Waals surface area contributed by atoms with Gasteiger partial charge in [-0.2, -0.15) is 0 Å². The van der Waals surface area contributed by atoms with Crippen molar-refractivity contribution in [2.75, 3.05) is 44.2 Å². The highest BCUT2D eigenvalue weighted by Crippen LogP contribution is 2.24. The van der Waals surface area contributed by atoms with E-state index >= 15 is 0 Å². The lowest BCUT2D eigenvalue weighted by Crippen LogP contribution is -2.51. The summed E-state index contributed by atoms with van der Waals surface area (Å²) in [6.45, 7) is 9.68. The molecule has 2 aliphatic rings. The van der Waals surface area contributed by atoms with Crippen LogP contribution < -0.4 is 4.90 Å². The number of anilines is 1. The number of carbonyl (C=O) groups is 2. The molecule has 0 unspecified atom stereocenters. The van der Waals surface area contributed by atoms with Crippen LogP contribution in [-0.4, -0.2) is 65.7 Å². The van der Waals surface area contributed by atoms with Gasteiger partial charge >= 0.3 is 0 Å². The van der Waals surface area contributed by atoms with Crippen molar-refractivity contribution in [1.82, 2.24) is 14.8 Å². The first-order chi connectivity index (χ1) is 14.5. The number of piperazine rings is 1. The maximum atomic E-state index is 13.0. The van der Waals surface area contributed by atoms with E-state index in [0.717, 1.165) is 80.6 Å². The van der Waals surface area contributed by atoms with Crippen molar-refractivity contribution < 1.29 is 9.59 Å². The van der Waals surface area contributed by atoms with Crippen LogP contribution in [0.3, 0.4) is 0 Å². The standard InChI is InChI=1S/C23H30N4O2S/c1-17(28)19-3-5-22(6-4-19)26-11-13-27(14-12-26)23(29)20-7-9-25(10-8-20)15-21-16-30-18(2)24-21/h3-6,16,20H,7-15H2,1-2H3. The second-order valence-electron chi connectivity index (χ2n) is 8.32. The fourth-order valence-corrected chi connectivity index (χ4v) is 5.00. The Balaban J connectivity index is 1.24. The molecule has 2 aromatic rings. The summed E-state index contributed by atoms with van der Waals surface area (Å²) in [6, 6.07) is 7.79. The molecule has 1 aromatic heterocycles. The molecule has 2 saturated heterocycles. The molecule has 2 fully saturated rings. The van der Waals surface area contributed by atoms with Gasteiger partial charge in [0.2, 0.25) is 5.91 Å². The van der Waals surface area contributed by atoms with Gasteiger partial charge < -0.3 is 9.80 Å². The fourth-order valence-electron chi connectivity index (χ4n) is 4.40. The van der Waals surface area contributed by atoms with Crippen LogP contribution in [0, 0.1) is 12.8 Å². The predicted molar refractivity (Wildman–Crippen MR) is 120 cm³/mol. The molecule has 0 saturated carbocycles. The molecule has 0 aliphatic carbocycles. The monoisotopic (exact) mass is 426 g/mol. The van der Waals surface area contributed by atoms with E-state index < -0.39 is 0 Å². The number of hydrogen-bond acceptors (Lipinski definition) is 6. The molecule has 3 heterocycles. The van der Waals surface area contributed by atoms with Crippen molar-refractivity contribution in [3.05, 3.63) is 45.9 Å². The third kappa shape index (κ3) is 4.90. The van der Waals surface area contributed by atoms with Gasteiger partial charge in [0.25, 0.3) is 0 Å². The summed E-state index contributed by atoms with van der Waals surface area (Å²) >= 11 is 1.70. The number of piperidine rings is 1. The van der Waals surface area contributed by atoms with E-state index in [4.69, 9.17) is 0 Å². The SMILES string of the molecule is CC(=O)c1ccc(N2CCN(C(=O)C3CCN(Cc4csc(C)n4)CC3)CC2)cc1. The highest BCUT2D eigenvalue weighted by Gasteiger charge is 2.30. The molecule has 6 nitrogen and oxygen atoms in total. The quantitative estimate of drug-likeness (QED) is 0.687. The molecule has 7 heteroatoms. The Hall–Kier alpha value is -2.25. The van der Waals surface area contributed by atoms with Gasteiger partial charge in [0.05, 0.1) is 10.7 Å². The molecule has 0 N–H and O–H groups in total. The number of carbonyl (C=O) groups excluding carboxylic acids is 2. The van der Waals surface area contributed by atoms with Crippen molar-refractivity contribution in [1.29, 1.82) is 0 Å². The Morgan fingerprint density at radius 2 is 1.70 bits per heavy atom. The van der Waals surface area contributed by atoms with Crippen LogP contribution in [0.5, 0.6) is 0 Å². The van der Waals surface area contributed by atoms with E-state index in [1.165, 1.54) is 0 Å². The Kier molecular flexibility index (Phi) is 6.49. The van der Waals surface area contributed by atoms with Gasteiger partial charge in [-0.15, -0.1) is 11.3 Å². The Morgan fingerprint density at radius 1 is 1.03 bits per heavy atom. The Labute approximate surface area is 182 Å². The van der Waals surface area contributed by atoms with Gasteiger partial charge in [0, 0.05) is 55.3 Å². The first-order valence-electron chi connectivity index (χ1n) is 10.8. The number of thiazole rings is 1. The molecule has 0 atom stereocenters. The van der Waals surface area contributed by atoms with Crippen LogP contribution in [0.1, 0.15) is 40.8 Å². The summed E-state index contributed by atoms with van der Waals surface area (Å²) in [6.07, 6.45) is 1.88. The molecule has 1 amide bonds. The third-order valence-electron chi connectivity index (χ3n) is 6.22. The van der Waals surface area contributed by atoms with Crippen LogP contribution in [0.2, 0.25) is 0 Å². The summed E-state index contributed by atoms with van der Waals surface area (Å²) in [5, 5.41) is 3.25. The Bertz CT molecular complexity index is 879. The van der Waals surface area contributed by atoms with Crippen molar-refractivity contribution in [2.24, 2.45) is 5.92 Å². The lowest BCUT2D eigenvalue weighted by molar-refractivity contribution is -0.137. The van der Waals surface area contributed by atoms with Crippen LogP contribution >= 0.6 is 11.3 Å². The Morgan fingerprint density at radius 3 is 2.27 bits per heavy atom. The molecule has 1 aromatic carbocycles. The molecule has 160 valence electrons. The first kappa shape index (κ1) is 21.0. The maximum Gasteiger partial charge on any atom is 0.225 e. The zero-order chi connectivity index (χ0) is 21.1. The molecule has 0 spiro atoms. The minimum Gasteiger partial charge on any atom is -0.368 e. The number of benzene rings is 1. The van der Waals surface area contributed by atoms with E-state index in [1.54, 1.807) is 18.3 Å². The highest BCUT2D eigenvalue weighted by atomic mass is 32.1. The minimum atomic E-state index is 0.0877. The third-order valence-corrected chi connectivity index (χ3v) is 7.04. The van der Waals surface area contributed by atoms with E-state index in [-0.39, 0.29) is 11.7 Å². The first-order valence-corrected chi connectivity index (χ1v) is 11.7. The number of amides is 1. The van der Waals surface area contributed by atoms with Gasteiger partial charge in [0.15, 0.2) is 5.78 Å². The number of hydrogen-bond donors (Lipinski definition) is 0. The summed E-state index contributed by atoms with van der Waals surface area (Å²) in [4.78, 5) is 35.8. The highest BCUT2D eigenvalue weighted by molar-refractivity contribution is 7.09. The minimum absolute atomic E-state index is 0.0877. The number of nitrogens with zero attached hydrogens (tertiary/aromatic N) is 4. The topological polar surface area (TPSA) is 56.8 Å². The van der Waals surface area contributed by atoms with Crippen LogP contribution in [-0.2, 0) is 11.3 Å². The number of ketones is 1. The lowest BCUT2D eigenvalue weighted by Gasteiger charge is -2.39. The van der Waals surface area contributed by atoms with E-state index in [9.17, 15) is 9.59 Å². The zero-order valence-corrected chi connectivity index (χ0v) is 18.7. The molecule has 2 aliphatic heterocycles. The second-order valence-corrected chi connectivity index (χ2v) is 9.39. The molecular weight excluding hydrogens is 396 g/mol. The van der Waals surface area contributed by atoms with Gasteiger partial charge in [-0.3, -0.25) is 14.5 Å².